The van der Waals surface area contributed by atoms with Gasteiger partial charge in [-0.1, -0.05) is 55.0 Å². The number of hydrogen-bond donors (Lipinski definition) is 3. The van der Waals surface area contributed by atoms with E-state index in [4.69, 9.17) is 9.47 Å². The number of amides is 2. The molecule has 0 saturated heterocycles. The van der Waals surface area contributed by atoms with Gasteiger partial charge in [-0.2, -0.15) is 0 Å². The molecule has 2 aliphatic carbocycles. The van der Waals surface area contributed by atoms with Gasteiger partial charge in [0.1, 0.15) is 12.6 Å². The second-order valence-electron chi connectivity index (χ2n) is 8.86. The molecule has 2 aromatic rings. The predicted octanol–water partition coefficient (Wildman–Crippen LogP) is 3.16. The zero-order chi connectivity index (χ0) is 24.1. The first-order valence-electron chi connectivity index (χ1n) is 11.6. The van der Waals surface area contributed by atoms with E-state index >= 15 is 0 Å². The first-order chi connectivity index (χ1) is 16.5. The van der Waals surface area contributed by atoms with Gasteiger partial charge in [0, 0.05) is 19.6 Å². The first kappa shape index (κ1) is 23.8. The van der Waals surface area contributed by atoms with Gasteiger partial charge in [0.2, 0.25) is 5.91 Å². The van der Waals surface area contributed by atoms with Crippen molar-refractivity contribution in [1.82, 2.24) is 10.6 Å². The first-order valence-corrected chi connectivity index (χ1v) is 11.6. The van der Waals surface area contributed by atoms with Crippen LogP contribution in [0.3, 0.4) is 0 Å². The Morgan fingerprint density at radius 1 is 1.03 bits per heavy atom. The van der Waals surface area contributed by atoms with Crippen molar-refractivity contribution < 1.29 is 29.0 Å². The Balaban J connectivity index is 1.33. The van der Waals surface area contributed by atoms with Gasteiger partial charge in [0.15, 0.2) is 0 Å². The van der Waals surface area contributed by atoms with Crippen molar-refractivity contribution in [2.75, 3.05) is 26.9 Å². The van der Waals surface area contributed by atoms with Gasteiger partial charge in [0.05, 0.1) is 12.5 Å². The molecule has 2 aliphatic rings. The Labute approximate surface area is 198 Å². The average Bonchev–Trinajstić information content (AvgIpc) is 3.44. The van der Waals surface area contributed by atoms with Crippen LogP contribution in [0.4, 0.5) is 4.79 Å². The van der Waals surface area contributed by atoms with Crippen LogP contribution in [-0.2, 0) is 19.1 Å². The molecule has 3 unspecified atom stereocenters. The van der Waals surface area contributed by atoms with Gasteiger partial charge in [-0.05, 0) is 41.0 Å². The summed E-state index contributed by atoms with van der Waals surface area (Å²) < 4.78 is 10.6. The minimum Gasteiger partial charge on any atom is -0.481 e. The standard InChI is InChI=1S/C26H30N2O6/c1-33-15-23(24(29)27-13-16-7-6-12-17(16)25(30)31)28-26(32)34-14-22-20-10-4-2-8-18(20)19-9-3-5-11-21(19)22/h2-5,8-11,16-17,22-23H,6-7,12-15H2,1H3,(H,27,29)(H,28,32)(H,30,31). The lowest BCUT2D eigenvalue weighted by atomic mass is 9.96. The molecule has 0 aliphatic heterocycles. The highest BCUT2D eigenvalue weighted by Crippen LogP contribution is 2.44. The summed E-state index contributed by atoms with van der Waals surface area (Å²) in [5.74, 6) is -1.90. The van der Waals surface area contributed by atoms with Crippen LogP contribution in [0.25, 0.3) is 11.1 Å². The number of methoxy groups -OCH3 is 1. The number of nitrogens with one attached hydrogen (secondary N) is 2. The van der Waals surface area contributed by atoms with Crippen LogP contribution in [0.15, 0.2) is 48.5 Å². The molecule has 2 aromatic carbocycles. The van der Waals surface area contributed by atoms with Crippen LogP contribution < -0.4 is 10.6 Å². The van der Waals surface area contributed by atoms with E-state index in [1.54, 1.807) is 0 Å². The predicted molar refractivity (Wildman–Crippen MR) is 125 cm³/mol. The van der Waals surface area contributed by atoms with Crippen LogP contribution in [0, 0.1) is 11.8 Å². The second kappa shape index (κ2) is 10.7. The summed E-state index contributed by atoms with van der Waals surface area (Å²) >= 11 is 0. The molecule has 3 N–H and O–H groups in total. The smallest absolute Gasteiger partial charge is 0.407 e. The third-order valence-electron chi connectivity index (χ3n) is 6.80. The molecule has 0 aromatic heterocycles. The molecular weight excluding hydrogens is 436 g/mol. The van der Waals surface area contributed by atoms with Gasteiger partial charge in [0.25, 0.3) is 0 Å². The molecule has 0 radical (unpaired) electrons. The fourth-order valence-electron chi connectivity index (χ4n) is 5.09. The lowest BCUT2D eigenvalue weighted by Gasteiger charge is -2.21. The number of alkyl carbamates (subject to hydrolysis) is 1. The number of carbonyl (C=O) groups is 3. The van der Waals surface area contributed by atoms with Crippen molar-refractivity contribution in [3.63, 3.8) is 0 Å². The summed E-state index contributed by atoms with van der Waals surface area (Å²) in [6.07, 6.45) is 1.50. The van der Waals surface area contributed by atoms with Crippen LogP contribution in [0.2, 0.25) is 0 Å². The van der Waals surface area contributed by atoms with Gasteiger partial charge in [-0.25, -0.2) is 4.79 Å². The lowest BCUT2D eigenvalue weighted by molar-refractivity contribution is -0.143. The number of hydrogen-bond acceptors (Lipinski definition) is 5. The van der Waals surface area contributed by atoms with Crippen molar-refractivity contribution in [2.45, 2.75) is 31.2 Å². The highest BCUT2D eigenvalue weighted by atomic mass is 16.5. The number of carboxylic acids is 1. The van der Waals surface area contributed by atoms with Gasteiger partial charge in [-0.3, -0.25) is 9.59 Å². The molecule has 180 valence electrons. The molecule has 8 nitrogen and oxygen atoms in total. The van der Waals surface area contributed by atoms with Crippen LogP contribution >= 0.6 is 0 Å². The number of fused-ring (bicyclic) bond motifs is 3. The van der Waals surface area contributed by atoms with E-state index in [0.717, 1.165) is 35.1 Å². The topological polar surface area (TPSA) is 114 Å². The molecular formula is C26H30N2O6. The van der Waals surface area contributed by atoms with Gasteiger partial charge >= 0.3 is 12.1 Å². The molecule has 8 heteroatoms. The van der Waals surface area contributed by atoms with E-state index < -0.39 is 29.9 Å². The van der Waals surface area contributed by atoms with Gasteiger partial charge < -0.3 is 25.2 Å². The van der Waals surface area contributed by atoms with Gasteiger partial charge in [-0.15, -0.1) is 0 Å². The van der Waals surface area contributed by atoms with E-state index in [0.29, 0.717) is 6.42 Å². The number of ether oxygens (including phenoxy) is 2. The third kappa shape index (κ3) is 5.07. The van der Waals surface area contributed by atoms with E-state index in [1.807, 2.05) is 36.4 Å². The largest absolute Gasteiger partial charge is 0.481 e. The molecule has 0 bridgehead atoms. The summed E-state index contributed by atoms with van der Waals surface area (Å²) in [5.41, 5.74) is 4.48. The Morgan fingerprint density at radius 2 is 1.68 bits per heavy atom. The van der Waals surface area contributed by atoms with Crippen molar-refractivity contribution in [3.05, 3.63) is 59.7 Å². The maximum absolute atomic E-state index is 12.7. The maximum Gasteiger partial charge on any atom is 0.407 e. The minimum atomic E-state index is -0.940. The molecule has 4 rings (SSSR count). The van der Waals surface area contributed by atoms with E-state index in [-0.39, 0.29) is 31.6 Å². The SMILES string of the molecule is COCC(NC(=O)OCC1c2ccccc2-c2ccccc21)C(=O)NCC1CCCC1C(=O)O. The van der Waals surface area contributed by atoms with Crippen molar-refractivity contribution in [3.8, 4) is 11.1 Å². The molecule has 0 spiro atoms. The molecule has 2 amide bonds. The average molecular weight is 467 g/mol. The summed E-state index contributed by atoms with van der Waals surface area (Å²) in [6.45, 7) is 0.370. The normalized spacial score (nSPS) is 19.7. The second-order valence-corrected chi connectivity index (χ2v) is 8.86. The van der Waals surface area contributed by atoms with E-state index in [1.165, 1.54) is 7.11 Å². The molecule has 1 fully saturated rings. The van der Waals surface area contributed by atoms with Crippen molar-refractivity contribution in [1.29, 1.82) is 0 Å². The Kier molecular flexibility index (Phi) is 7.47. The Hall–Kier alpha value is -3.39. The van der Waals surface area contributed by atoms with Crippen molar-refractivity contribution in [2.24, 2.45) is 11.8 Å². The summed E-state index contributed by atoms with van der Waals surface area (Å²) in [5, 5.41) is 14.7. The highest BCUT2D eigenvalue weighted by Gasteiger charge is 2.34. The summed E-state index contributed by atoms with van der Waals surface area (Å²) in [4.78, 5) is 36.6. The van der Waals surface area contributed by atoms with Crippen molar-refractivity contribution >= 4 is 18.0 Å². The third-order valence-corrected chi connectivity index (χ3v) is 6.80. The lowest BCUT2D eigenvalue weighted by Crippen LogP contribution is -2.50. The number of aliphatic carboxylic acids is 1. The fourth-order valence-corrected chi connectivity index (χ4v) is 5.09. The van der Waals surface area contributed by atoms with E-state index in [9.17, 15) is 19.5 Å². The zero-order valence-corrected chi connectivity index (χ0v) is 19.2. The monoisotopic (exact) mass is 466 g/mol. The Bertz CT molecular complexity index is 1010. The molecule has 34 heavy (non-hydrogen) atoms. The maximum atomic E-state index is 12.7. The number of carbonyl (C=O) groups excluding carboxylic acids is 2. The van der Waals surface area contributed by atoms with Crippen LogP contribution in [0.1, 0.15) is 36.3 Å². The zero-order valence-electron chi connectivity index (χ0n) is 19.2. The van der Waals surface area contributed by atoms with Crippen LogP contribution in [0.5, 0.6) is 0 Å². The molecule has 3 atom stereocenters. The molecule has 0 heterocycles. The molecule has 1 saturated carbocycles. The van der Waals surface area contributed by atoms with E-state index in [2.05, 4.69) is 22.8 Å². The van der Waals surface area contributed by atoms with Crippen LogP contribution in [-0.4, -0.2) is 56.0 Å². The number of rotatable bonds is 9. The fraction of sp³-hybridized carbons (Fsp3) is 0.423. The summed E-state index contributed by atoms with van der Waals surface area (Å²) in [6, 6.07) is 15.2. The summed E-state index contributed by atoms with van der Waals surface area (Å²) in [7, 11) is 1.44. The quantitative estimate of drug-likeness (QED) is 0.523. The number of benzene rings is 2. The highest BCUT2D eigenvalue weighted by molar-refractivity contribution is 5.86. The number of carboxylic acid groups (broad SMARTS) is 1. The minimum absolute atomic E-state index is 0.0247. The Morgan fingerprint density at radius 3 is 2.29 bits per heavy atom.